The fraction of sp³-hybridized carbons (Fsp3) is 0.296. The Morgan fingerprint density at radius 1 is 0.971 bits per heavy atom. The number of aromatic nitrogens is 2. The third-order valence-electron chi connectivity index (χ3n) is 6.46. The summed E-state index contributed by atoms with van der Waals surface area (Å²) in [5.41, 5.74) is 5.23. The van der Waals surface area contributed by atoms with E-state index < -0.39 is 12.0 Å². The van der Waals surface area contributed by atoms with E-state index in [1.54, 1.807) is 18.5 Å². The number of hydrogen-bond acceptors (Lipinski definition) is 5. The maximum absolute atomic E-state index is 12.8. The second kappa shape index (κ2) is 9.57. The van der Waals surface area contributed by atoms with Crippen LogP contribution in [0.5, 0.6) is 0 Å². The molecule has 7 heteroatoms. The summed E-state index contributed by atoms with van der Waals surface area (Å²) in [5, 5.41) is 11.6. The molecule has 1 N–H and O–H groups in total. The number of aliphatic hydroxyl groups is 1. The van der Waals surface area contributed by atoms with Crippen molar-refractivity contribution in [2.45, 2.75) is 46.3 Å². The van der Waals surface area contributed by atoms with E-state index in [2.05, 4.69) is 4.98 Å². The van der Waals surface area contributed by atoms with Crippen molar-refractivity contribution in [1.82, 2.24) is 14.5 Å². The van der Waals surface area contributed by atoms with Crippen LogP contribution in [0.2, 0.25) is 5.02 Å². The second-order valence-corrected chi connectivity index (χ2v) is 9.18. The number of carbonyl (C=O) groups excluding carboxylic acids is 2. The van der Waals surface area contributed by atoms with Crippen molar-refractivity contribution in [2.24, 2.45) is 0 Å². The molecule has 0 amide bonds. The lowest BCUT2D eigenvalue weighted by atomic mass is 9.77. The Labute approximate surface area is 204 Å². The topological polar surface area (TPSA) is 75.4 Å². The highest BCUT2D eigenvalue weighted by Gasteiger charge is 2.37. The molecule has 34 heavy (non-hydrogen) atoms. The van der Waals surface area contributed by atoms with Crippen LogP contribution in [0.3, 0.4) is 0 Å². The highest BCUT2D eigenvalue weighted by Crippen LogP contribution is 2.42. The number of hydrogen-bond donors (Lipinski definition) is 1. The first-order valence-corrected chi connectivity index (χ1v) is 11.6. The molecule has 0 saturated carbocycles. The molecule has 0 spiro atoms. The minimum absolute atomic E-state index is 0.108. The summed E-state index contributed by atoms with van der Waals surface area (Å²) < 4.78 is 1.91. The number of fused-ring (bicyclic) bond motifs is 1. The molecule has 0 saturated heterocycles. The van der Waals surface area contributed by atoms with Crippen LogP contribution in [-0.4, -0.2) is 43.8 Å². The molecule has 176 valence electrons. The predicted octanol–water partition coefficient (Wildman–Crippen LogP) is 4.88. The molecule has 1 aliphatic rings. The summed E-state index contributed by atoms with van der Waals surface area (Å²) in [6.45, 7) is 7.37. The number of halogens is 1. The lowest BCUT2D eigenvalue weighted by Crippen LogP contribution is -2.38. The summed E-state index contributed by atoms with van der Waals surface area (Å²) >= 11 is 6.08. The van der Waals surface area contributed by atoms with Crippen LogP contribution in [-0.2, 0) is 16.1 Å². The standard InChI is InChI=1S/C27H28ClN3O3/c1-16-25(18(3)32)27(20-9-11-21(28)12-10-20)26(19(4)33)17(2)31(16)14-22(34)13-30-15-29-23-7-5-6-8-24(23)30/h5-12,15,22,27,34H,13-14H2,1-4H3. The average molecular weight is 478 g/mol. The van der Waals surface area contributed by atoms with Gasteiger partial charge in [0.25, 0.3) is 0 Å². The number of aliphatic hydroxyl groups excluding tert-OH is 1. The molecule has 0 fully saturated rings. The Morgan fingerprint density at radius 3 is 2.15 bits per heavy atom. The molecule has 0 aliphatic carbocycles. The lowest BCUT2D eigenvalue weighted by molar-refractivity contribution is -0.114. The van der Waals surface area contributed by atoms with Gasteiger partial charge < -0.3 is 14.6 Å². The van der Waals surface area contributed by atoms with E-state index in [-0.39, 0.29) is 18.1 Å². The predicted molar refractivity (Wildman–Crippen MR) is 133 cm³/mol. The number of carbonyl (C=O) groups is 2. The summed E-state index contributed by atoms with van der Waals surface area (Å²) in [6.07, 6.45) is 0.963. The quantitative estimate of drug-likeness (QED) is 0.525. The van der Waals surface area contributed by atoms with Crippen molar-refractivity contribution in [1.29, 1.82) is 0 Å². The van der Waals surface area contributed by atoms with Crippen molar-refractivity contribution in [3.05, 3.63) is 88.0 Å². The Hall–Kier alpha value is -3.22. The van der Waals surface area contributed by atoms with Gasteiger partial charge in [0.2, 0.25) is 0 Å². The van der Waals surface area contributed by atoms with Crippen molar-refractivity contribution in [3.8, 4) is 0 Å². The molecule has 2 heterocycles. The van der Waals surface area contributed by atoms with E-state index in [1.807, 2.05) is 59.7 Å². The van der Waals surface area contributed by atoms with Crippen LogP contribution >= 0.6 is 11.6 Å². The number of Topliss-reactive ketones (excluding diaryl/α,β-unsaturated/α-hetero) is 2. The fourth-order valence-electron chi connectivity index (χ4n) is 4.93. The van der Waals surface area contributed by atoms with Crippen molar-refractivity contribution >= 4 is 34.2 Å². The number of allylic oxidation sites excluding steroid dienone is 4. The zero-order valence-electron chi connectivity index (χ0n) is 19.7. The Bertz CT molecular complexity index is 1280. The van der Waals surface area contributed by atoms with Gasteiger partial charge in [-0.15, -0.1) is 0 Å². The molecule has 1 aliphatic heterocycles. The maximum Gasteiger partial charge on any atom is 0.158 e. The van der Waals surface area contributed by atoms with Gasteiger partial charge in [0.1, 0.15) is 0 Å². The van der Waals surface area contributed by atoms with E-state index in [4.69, 9.17) is 11.6 Å². The first-order chi connectivity index (χ1) is 16.2. The van der Waals surface area contributed by atoms with Crippen LogP contribution in [0.4, 0.5) is 0 Å². The number of benzene rings is 2. The SMILES string of the molecule is CC(=O)C1=C(C)N(CC(O)Cn2cnc3ccccc32)C(C)=C(C(C)=O)C1c1ccc(Cl)cc1. The number of para-hydroxylation sites is 2. The third kappa shape index (κ3) is 4.43. The summed E-state index contributed by atoms with van der Waals surface area (Å²) in [7, 11) is 0. The molecule has 4 rings (SSSR count). The minimum atomic E-state index is -0.754. The zero-order valence-corrected chi connectivity index (χ0v) is 20.5. The molecule has 2 aromatic carbocycles. The molecule has 1 aromatic heterocycles. The van der Waals surface area contributed by atoms with Gasteiger partial charge in [0, 0.05) is 33.5 Å². The highest BCUT2D eigenvalue weighted by molar-refractivity contribution is 6.30. The van der Waals surface area contributed by atoms with E-state index >= 15 is 0 Å². The molecule has 0 radical (unpaired) electrons. The molecule has 1 unspecified atom stereocenters. The fourth-order valence-corrected chi connectivity index (χ4v) is 5.06. The summed E-state index contributed by atoms with van der Waals surface area (Å²) in [5.74, 6) is -0.689. The zero-order chi connectivity index (χ0) is 24.6. The third-order valence-corrected chi connectivity index (χ3v) is 6.71. The van der Waals surface area contributed by atoms with Gasteiger partial charge in [-0.05, 0) is 57.5 Å². The van der Waals surface area contributed by atoms with Gasteiger partial charge in [-0.2, -0.15) is 0 Å². The Kier molecular flexibility index (Phi) is 6.73. The number of imidazole rings is 1. The lowest BCUT2D eigenvalue weighted by Gasteiger charge is -2.39. The highest BCUT2D eigenvalue weighted by atomic mass is 35.5. The van der Waals surface area contributed by atoms with E-state index in [0.717, 1.165) is 28.0 Å². The molecular weight excluding hydrogens is 450 g/mol. The molecule has 3 aromatic rings. The smallest absolute Gasteiger partial charge is 0.158 e. The van der Waals surface area contributed by atoms with Crippen molar-refractivity contribution in [3.63, 3.8) is 0 Å². The van der Waals surface area contributed by atoms with Gasteiger partial charge in [-0.3, -0.25) is 9.59 Å². The van der Waals surface area contributed by atoms with Gasteiger partial charge >= 0.3 is 0 Å². The monoisotopic (exact) mass is 477 g/mol. The van der Waals surface area contributed by atoms with Crippen LogP contribution in [0.15, 0.2) is 77.4 Å². The van der Waals surface area contributed by atoms with Gasteiger partial charge in [-0.1, -0.05) is 35.9 Å². The van der Waals surface area contributed by atoms with Gasteiger partial charge in [0.05, 0.1) is 36.6 Å². The average Bonchev–Trinajstić information content (AvgIpc) is 3.19. The van der Waals surface area contributed by atoms with Crippen LogP contribution in [0, 0.1) is 0 Å². The van der Waals surface area contributed by atoms with Crippen molar-refractivity contribution in [2.75, 3.05) is 6.54 Å². The van der Waals surface area contributed by atoms with Crippen LogP contribution in [0.1, 0.15) is 39.2 Å². The van der Waals surface area contributed by atoms with Crippen LogP contribution in [0.25, 0.3) is 11.0 Å². The molecule has 6 nitrogen and oxygen atoms in total. The normalized spacial score (nSPS) is 15.9. The number of ketones is 2. The van der Waals surface area contributed by atoms with E-state index in [1.165, 1.54) is 13.8 Å². The van der Waals surface area contributed by atoms with Gasteiger partial charge in [-0.25, -0.2) is 4.98 Å². The minimum Gasteiger partial charge on any atom is -0.389 e. The summed E-state index contributed by atoms with van der Waals surface area (Å²) in [6, 6.07) is 15.0. The van der Waals surface area contributed by atoms with E-state index in [9.17, 15) is 14.7 Å². The largest absolute Gasteiger partial charge is 0.389 e. The molecule has 0 bridgehead atoms. The van der Waals surface area contributed by atoms with Crippen molar-refractivity contribution < 1.29 is 14.7 Å². The number of β-amino-alcohol motifs (C(OH)–C–C–N with tert-alkyl or cyclic N) is 1. The number of rotatable bonds is 7. The first kappa shape index (κ1) is 23.9. The molecular formula is C27H28ClN3O3. The number of nitrogens with zero attached hydrogens (tertiary/aromatic N) is 3. The molecule has 1 atom stereocenters. The van der Waals surface area contributed by atoms with Crippen LogP contribution < -0.4 is 0 Å². The van der Waals surface area contributed by atoms with E-state index in [0.29, 0.717) is 22.7 Å². The first-order valence-electron chi connectivity index (χ1n) is 11.2. The second-order valence-electron chi connectivity index (χ2n) is 8.75. The summed E-state index contributed by atoms with van der Waals surface area (Å²) in [4.78, 5) is 32.0. The maximum atomic E-state index is 12.8. The Balaban J connectivity index is 1.71. The van der Waals surface area contributed by atoms with Gasteiger partial charge in [0.15, 0.2) is 11.6 Å². The Morgan fingerprint density at radius 2 is 1.56 bits per heavy atom.